The van der Waals surface area contributed by atoms with Crippen LogP contribution >= 0.6 is 27.7 Å². The Labute approximate surface area is 112 Å². The van der Waals surface area contributed by atoms with Crippen LogP contribution < -0.4 is 10.6 Å². The van der Waals surface area contributed by atoms with Crippen molar-refractivity contribution in [2.45, 2.75) is 5.75 Å². The van der Waals surface area contributed by atoms with Gasteiger partial charge in [0.05, 0.1) is 12.0 Å². The molecule has 0 aromatic carbocycles. The molecular weight excluding hydrogens is 304 g/mol. The van der Waals surface area contributed by atoms with Crippen LogP contribution in [0.15, 0.2) is 15.9 Å². The quantitative estimate of drug-likeness (QED) is 0.248. The molecule has 0 spiro atoms. The molecule has 1 rings (SSSR count). The van der Waals surface area contributed by atoms with Crippen LogP contribution in [0.2, 0.25) is 0 Å². The molecule has 3 N–H and O–H groups in total. The maximum Gasteiger partial charge on any atom is 0.204 e. The summed E-state index contributed by atoms with van der Waals surface area (Å²) in [4.78, 5) is 11.0. The summed E-state index contributed by atoms with van der Waals surface area (Å²) in [6, 6.07) is 0. The first-order valence-corrected chi connectivity index (χ1v) is 6.84. The Morgan fingerprint density at radius 3 is 3.18 bits per heavy atom. The number of hydrogen-bond acceptors (Lipinski definition) is 4. The van der Waals surface area contributed by atoms with E-state index in [2.05, 4.69) is 41.5 Å². The minimum Gasteiger partial charge on any atom is -0.355 e. The summed E-state index contributed by atoms with van der Waals surface area (Å²) in [5.41, 5.74) is 1.08. The monoisotopic (exact) mass is 316 g/mol. The minimum absolute atomic E-state index is 0.496. The number of guanidine groups is 1. The van der Waals surface area contributed by atoms with E-state index in [1.807, 2.05) is 6.19 Å². The molecule has 0 unspecified atom stereocenters. The minimum atomic E-state index is 0.496. The fourth-order valence-electron chi connectivity index (χ4n) is 1.05. The van der Waals surface area contributed by atoms with E-state index in [1.165, 1.54) is 0 Å². The van der Waals surface area contributed by atoms with Gasteiger partial charge in [0, 0.05) is 25.1 Å². The predicted octanol–water partition coefficient (Wildman–Crippen LogP) is 1.05. The van der Waals surface area contributed by atoms with Crippen LogP contribution in [0.4, 0.5) is 0 Å². The molecule has 17 heavy (non-hydrogen) atoms. The highest BCUT2D eigenvalue weighted by atomic mass is 79.9. The van der Waals surface area contributed by atoms with Crippen LogP contribution in [0.3, 0.4) is 0 Å². The lowest BCUT2D eigenvalue weighted by Gasteiger charge is -2.06. The Hall–Kier alpha value is -1.20. The number of nitrogens with zero attached hydrogens (tertiary/aromatic N) is 3. The van der Waals surface area contributed by atoms with E-state index in [-0.39, 0.29) is 0 Å². The van der Waals surface area contributed by atoms with E-state index >= 15 is 0 Å². The molecular formula is C9H13BrN6S. The van der Waals surface area contributed by atoms with Gasteiger partial charge in [0.25, 0.3) is 0 Å². The van der Waals surface area contributed by atoms with Gasteiger partial charge in [-0.1, -0.05) is 0 Å². The van der Waals surface area contributed by atoms with Gasteiger partial charge in [-0.3, -0.25) is 10.3 Å². The van der Waals surface area contributed by atoms with Crippen molar-refractivity contribution in [2.24, 2.45) is 4.99 Å². The number of aromatic nitrogens is 2. The van der Waals surface area contributed by atoms with Gasteiger partial charge in [0.2, 0.25) is 5.96 Å². The van der Waals surface area contributed by atoms with E-state index in [1.54, 1.807) is 25.1 Å². The van der Waals surface area contributed by atoms with E-state index in [0.717, 1.165) is 28.3 Å². The van der Waals surface area contributed by atoms with Crippen LogP contribution in [-0.2, 0) is 5.75 Å². The first-order valence-electron chi connectivity index (χ1n) is 4.89. The number of aromatic amines is 1. The van der Waals surface area contributed by atoms with Crippen LogP contribution in [0, 0.1) is 11.5 Å². The van der Waals surface area contributed by atoms with E-state index in [0.29, 0.717) is 5.96 Å². The Morgan fingerprint density at radius 1 is 1.76 bits per heavy atom. The molecule has 0 saturated carbocycles. The summed E-state index contributed by atoms with van der Waals surface area (Å²) in [5, 5.41) is 13.9. The van der Waals surface area contributed by atoms with Crippen LogP contribution in [0.5, 0.6) is 0 Å². The molecule has 92 valence electrons. The number of thioether (sulfide) groups is 1. The van der Waals surface area contributed by atoms with Crippen molar-refractivity contribution in [1.82, 2.24) is 20.6 Å². The van der Waals surface area contributed by atoms with Gasteiger partial charge >= 0.3 is 0 Å². The summed E-state index contributed by atoms with van der Waals surface area (Å²) >= 11 is 5.12. The molecule has 0 aliphatic carbocycles. The molecule has 1 aromatic rings. The van der Waals surface area contributed by atoms with Crippen LogP contribution in [0.25, 0.3) is 0 Å². The maximum atomic E-state index is 8.42. The number of halogens is 1. The van der Waals surface area contributed by atoms with Gasteiger partial charge < -0.3 is 10.3 Å². The second-order valence-corrected chi connectivity index (χ2v) is 4.82. The van der Waals surface area contributed by atoms with Gasteiger partial charge in [0.1, 0.15) is 4.60 Å². The summed E-state index contributed by atoms with van der Waals surface area (Å²) in [6.07, 6.45) is 3.48. The second-order valence-electron chi connectivity index (χ2n) is 2.96. The second kappa shape index (κ2) is 7.97. The standard InChI is InChI=1S/C9H13BrN6S/c1-12-9(14-5-11)13-2-3-17-4-7-8(10)16-6-15-7/h6H,2-4H2,1H3,(H,15,16)(H2,12,13,14). The molecule has 0 aliphatic rings. The molecule has 1 aromatic heterocycles. The number of imidazole rings is 1. The van der Waals surface area contributed by atoms with Crippen molar-refractivity contribution in [3.63, 3.8) is 0 Å². The molecule has 0 atom stereocenters. The third-order valence-corrected chi connectivity index (χ3v) is 3.52. The van der Waals surface area contributed by atoms with Gasteiger partial charge in [-0.25, -0.2) is 4.98 Å². The molecule has 0 aliphatic heterocycles. The van der Waals surface area contributed by atoms with Gasteiger partial charge in [0.15, 0.2) is 6.19 Å². The van der Waals surface area contributed by atoms with Crippen molar-refractivity contribution in [3.05, 3.63) is 16.6 Å². The molecule has 0 radical (unpaired) electrons. The number of nitriles is 1. The molecule has 1 heterocycles. The number of hydrogen-bond donors (Lipinski definition) is 3. The predicted molar refractivity (Wildman–Crippen MR) is 72.6 cm³/mol. The normalized spacial score (nSPS) is 11.0. The van der Waals surface area contributed by atoms with Crippen LogP contribution in [0.1, 0.15) is 5.69 Å². The highest BCUT2D eigenvalue weighted by Crippen LogP contribution is 2.16. The van der Waals surface area contributed by atoms with Gasteiger partial charge in [-0.2, -0.15) is 17.0 Å². The Bertz CT molecular complexity index is 410. The Kier molecular flexibility index (Phi) is 6.50. The Balaban J connectivity index is 2.13. The summed E-state index contributed by atoms with van der Waals surface area (Å²) < 4.78 is 0.861. The zero-order chi connectivity index (χ0) is 12.5. The molecule has 6 nitrogen and oxygen atoms in total. The smallest absolute Gasteiger partial charge is 0.204 e. The maximum absolute atomic E-state index is 8.42. The third-order valence-electron chi connectivity index (χ3n) is 1.85. The highest BCUT2D eigenvalue weighted by Gasteiger charge is 2.01. The number of nitrogens with one attached hydrogen (secondary N) is 3. The third kappa shape index (κ3) is 5.10. The molecule has 0 amide bonds. The van der Waals surface area contributed by atoms with Crippen molar-refractivity contribution in [1.29, 1.82) is 5.26 Å². The number of H-pyrrole nitrogens is 1. The fraction of sp³-hybridized carbons (Fsp3) is 0.444. The first-order chi connectivity index (χ1) is 8.27. The zero-order valence-electron chi connectivity index (χ0n) is 9.33. The molecule has 0 bridgehead atoms. The zero-order valence-corrected chi connectivity index (χ0v) is 11.7. The van der Waals surface area contributed by atoms with Gasteiger partial charge in [-0.05, 0) is 15.9 Å². The van der Waals surface area contributed by atoms with Crippen molar-refractivity contribution in [3.8, 4) is 6.19 Å². The lowest BCUT2D eigenvalue weighted by molar-refractivity contribution is 0.930. The number of rotatable bonds is 5. The SMILES string of the molecule is CN=C(NC#N)NCCSCc1[nH]cnc1Br. The highest BCUT2D eigenvalue weighted by molar-refractivity contribution is 9.10. The summed E-state index contributed by atoms with van der Waals surface area (Å²) in [7, 11) is 1.63. The average molecular weight is 317 g/mol. The average Bonchev–Trinajstić information content (AvgIpc) is 2.73. The Morgan fingerprint density at radius 2 is 2.59 bits per heavy atom. The molecule has 0 fully saturated rings. The van der Waals surface area contributed by atoms with Crippen molar-refractivity contribution < 1.29 is 0 Å². The van der Waals surface area contributed by atoms with Crippen LogP contribution in [-0.4, -0.2) is 35.3 Å². The summed E-state index contributed by atoms with van der Waals surface area (Å²) in [6.45, 7) is 0.748. The lowest BCUT2D eigenvalue weighted by atomic mass is 10.6. The topological polar surface area (TPSA) is 88.9 Å². The summed E-state index contributed by atoms with van der Waals surface area (Å²) in [5.74, 6) is 2.28. The van der Waals surface area contributed by atoms with Crippen molar-refractivity contribution >= 4 is 33.7 Å². The lowest BCUT2D eigenvalue weighted by Crippen LogP contribution is -2.35. The first kappa shape index (κ1) is 13.9. The van der Waals surface area contributed by atoms with E-state index in [4.69, 9.17) is 5.26 Å². The fourth-order valence-corrected chi connectivity index (χ4v) is 2.41. The number of aliphatic imine (C=N–C) groups is 1. The van der Waals surface area contributed by atoms with E-state index in [9.17, 15) is 0 Å². The largest absolute Gasteiger partial charge is 0.355 e. The van der Waals surface area contributed by atoms with Crippen molar-refractivity contribution in [2.75, 3.05) is 19.3 Å². The van der Waals surface area contributed by atoms with E-state index < -0.39 is 0 Å². The molecule has 8 heteroatoms. The van der Waals surface area contributed by atoms with Gasteiger partial charge in [-0.15, -0.1) is 0 Å². The molecule has 0 saturated heterocycles.